The van der Waals surface area contributed by atoms with Crippen LogP contribution in [-0.2, 0) is 6.42 Å². The zero-order valence-corrected chi connectivity index (χ0v) is 13.0. The minimum Gasteiger partial charge on any atom is -0.312 e. The van der Waals surface area contributed by atoms with Crippen molar-refractivity contribution in [1.82, 2.24) is 5.32 Å². The molecular formula is C18H20FNS. The fraction of sp³-hybridized carbons (Fsp3) is 0.333. The van der Waals surface area contributed by atoms with Crippen LogP contribution in [0.2, 0.25) is 0 Å². The van der Waals surface area contributed by atoms with Gasteiger partial charge in [0.05, 0.1) is 0 Å². The Morgan fingerprint density at radius 2 is 1.86 bits per heavy atom. The second-order valence-electron chi connectivity index (χ2n) is 5.47. The topological polar surface area (TPSA) is 12.0 Å². The molecule has 2 unspecified atom stereocenters. The van der Waals surface area contributed by atoms with Gasteiger partial charge in [-0.1, -0.05) is 24.3 Å². The number of hydrogen-bond donors (Lipinski definition) is 1. The summed E-state index contributed by atoms with van der Waals surface area (Å²) in [4.78, 5) is 1.14. The number of benzene rings is 2. The lowest BCUT2D eigenvalue weighted by molar-refractivity contribution is 0.548. The molecule has 0 saturated heterocycles. The summed E-state index contributed by atoms with van der Waals surface area (Å²) in [6, 6.07) is 15.9. The van der Waals surface area contributed by atoms with E-state index >= 15 is 0 Å². The van der Waals surface area contributed by atoms with Crippen LogP contribution in [0, 0.1) is 5.82 Å². The molecule has 0 spiro atoms. The molecule has 1 aliphatic carbocycles. The maximum Gasteiger partial charge on any atom is 0.123 e. The highest BCUT2D eigenvalue weighted by Crippen LogP contribution is 2.38. The van der Waals surface area contributed by atoms with Crippen molar-refractivity contribution in [3.05, 3.63) is 65.5 Å². The zero-order chi connectivity index (χ0) is 14.7. The molecule has 0 fully saturated rings. The molecule has 110 valence electrons. The summed E-state index contributed by atoms with van der Waals surface area (Å²) in [7, 11) is 2.03. The fourth-order valence-electron chi connectivity index (χ4n) is 3.08. The Hall–Kier alpha value is -1.32. The zero-order valence-electron chi connectivity index (χ0n) is 12.2. The molecule has 0 saturated carbocycles. The smallest absolute Gasteiger partial charge is 0.123 e. The van der Waals surface area contributed by atoms with Gasteiger partial charge in [-0.3, -0.25) is 0 Å². The van der Waals surface area contributed by atoms with Gasteiger partial charge in [-0.15, -0.1) is 11.8 Å². The first-order valence-corrected chi connectivity index (χ1v) is 8.33. The molecule has 2 atom stereocenters. The second-order valence-corrected chi connectivity index (χ2v) is 6.78. The molecule has 0 radical (unpaired) electrons. The summed E-state index contributed by atoms with van der Waals surface area (Å²) in [5.74, 6) is -0.171. The highest BCUT2D eigenvalue weighted by Gasteiger charge is 2.27. The van der Waals surface area contributed by atoms with E-state index in [1.54, 1.807) is 12.1 Å². The summed E-state index contributed by atoms with van der Waals surface area (Å²) < 4.78 is 13.0. The predicted octanol–water partition coefficient (Wildman–Crippen LogP) is 4.58. The number of thioether (sulfide) groups is 1. The number of fused-ring (bicyclic) bond motifs is 1. The van der Waals surface area contributed by atoms with E-state index in [0.717, 1.165) is 11.3 Å². The standard InChI is InChI=1S/C18H20FNS/c1-20-18-16-7-3-2-5-13(16)6-4-8-17(18)21-15-11-9-14(19)10-12-15/h2-3,5,7,9-12,17-18,20H,4,6,8H2,1H3. The molecule has 1 aliphatic rings. The third-order valence-electron chi connectivity index (χ3n) is 4.11. The highest BCUT2D eigenvalue weighted by molar-refractivity contribution is 8.00. The van der Waals surface area contributed by atoms with Crippen molar-refractivity contribution in [1.29, 1.82) is 0 Å². The van der Waals surface area contributed by atoms with Gasteiger partial charge >= 0.3 is 0 Å². The number of nitrogens with one attached hydrogen (secondary N) is 1. The third kappa shape index (κ3) is 3.30. The van der Waals surface area contributed by atoms with Crippen LogP contribution >= 0.6 is 11.8 Å². The van der Waals surface area contributed by atoms with E-state index in [2.05, 4.69) is 29.6 Å². The van der Waals surface area contributed by atoms with Crippen molar-refractivity contribution in [2.75, 3.05) is 7.05 Å². The Labute approximate surface area is 130 Å². The monoisotopic (exact) mass is 301 g/mol. The predicted molar refractivity (Wildman–Crippen MR) is 87.2 cm³/mol. The van der Waals surface area contributed by atoms with Gasteiger partial charge in [-0.25, -0.2) is 4.39 Å². The summed E-state index contributed by atoms with van der Waals surface area (Å²) >= 11 is 1.85. The van der Waals surface area contributed by atoms with Crippen molar-refractivity contribution >= 4 is 11.8 Å². The van der Waals surface area contributed by atoms with Gasteiger partial charge in [0.15, 0.2) is 0 Å². The minimum absolute atomic E-state index is 0.171. The Morgan fingerprint density at radius 1 is 1.10 bits per heavy atom. The molecule has 0 amide bonds. The SMILES string of the molecule is CNC1c2ccccc2CCCC1Sc1ccc(F)cc1. The van der Waals surface area contributed by atoms with Crippen molar-refractivity contribution in [2.24, 2.45) is 0 Å². The van der Waals surface area contributed by atoms with Crippen LogP contribution in [0.3, 0.4) is 0 Å². The Balaban J connectivity index is 1.86. The molecule has 0 heterocycles. The molecule has 3 rings (SSSR count). The van der Waals surface area contributed by atoms with Crippen LogP contribution in [-0.4, -0.2) is 12.3 Å². The minimum atomic E-state index is -0.171. The molecule has 1 nitrogen and oxygen atoms in total. The first kappa shape index (κ1) is 14.6. The van der Waals surface area contributed by atoms with Crippen LogP contribution in [0.15, 0.2) is 53.4 Å². The van der Waals surface area contributed by atoms with E-state index in [1.807, 2.05) is 30.9 Å². The van der Waals surface area contributed by atoms with Gasteiger partial charge in [-0.2, -0.15) is 0 Å². The van der Waals surface area contributed by atoms with E-state index in [4.69, 9.17) is 0 Å². The van der Waals surface area contributed by atoms with E-state index in [9.17, 15) is 4.39 Å². The number of aryl methyl sites for hydroxylation is 1. The van der Waals surface area contributed by atoms with Gasteiger partial charge in [-0.05, 0) is 61.7 Å². The molecular weight excluding hydrogens is 281 g/mol. The van der Waals surface area contributed by atoms with Gasteiger partial charge in [0.1, 0.15) is 5.82 Å². The van der Waals surface area contributed by atoms with Crippen LogP contribution in [0.4, 0.5) is 4.39 Å². The van der Waals surface area contributed by atoms with Crippen molar-refractivity contribution in [3.63, 3.8) is 0 Å². The second kappa shape index (κ2) is 6.63. The Bertz CT molecular complexity index is 596. The average Bonchev–Trinajstić information content (AvgIpc) is 2.68. The largest absolute Gasteiger partial charge is 0.312 e. The van der Waals surface area contributed by atoms with E-state index in [-0.39, 0.29) is 5.82 Å². The number of halogens is 1. The molecule has 0 aliphatic heterocycles. The quantitative estimate of drug-likeness (QED) is 0.833. The highest BCUT2D eigenvalue weighted by atomic mass is 32.2. The maximum absolute atomic E-state index is 13.0. The van der Waals surface area contributed by atoms with Crippen LogP contribution in [0.5, 0.6) is 0 Å². The average molecular weight is 301 g/mol. The van der Waals surface area contributed by atoms with Gasteiger partial charge < -0.3 is 5.32 Å². The summed E-state index contributed by atoms with van der Waals surface area (Å²) in [5.41, 5.74) is 2.87. The summed E-state index contributed by atoms with van der Waals surface area (Å²) in [6.45, 7) is 0. The molecule has 3 heteroatoms. The first-order chi connectivity index (χ1) is 10.3. The molecule has 0 aromatic heterocycles. The fourth-order valence-corrected chi connectivity index (χ4v) is 4.43. The van der Waals surface area contributed by atoms with Crippen LogP contribution < -0.4 is 5.32 Å². The molecule has 2 aromatic carbocycles. The number of hydrogen-bond acceptors (Lipinski definition) is 2. The van der Waals surface area contributed by atoms with E-state index < -0.39 is 0 Å². The van der Waals surface area contributed by atoms with Gasteiger partial charge in [0.25, 0.3) is 0 Å². The Morgan fingerprint density at radius 3 is 2.62 bits per heavy atom. The summed E-state index contributed by atoms with van der Waals surface area (Å²) in [5, 5.41) is 3.96. The number of rotatable bonds is 3. The van der Waals surface area contributed by atoms with Crippen molar-refractivity contribution < 1.29 is 4.39 Å². The lowest BCUT2D eigenvalue weighted by Crippen LogP contribution is -2.26. The lowest BCUT2D eigenvalue weighted by atomic mass is 9.99. The first-order valence-electron chi connectivity index (χ1n) is 7.45. The molecule has 2 aromatic rings. The molecule has 0 bridgehead atoms. The molecule has 21 heavy (non-hydrogen) atoms. The van der Waals surface area contributed by atoms with E-state index in [0.29, 0.717) is 11.3 Å². The normalized spacial score (nSPS) is 21.6. The van der Waals surface area contributed by atoms with Crippen molar-refractivity contribution in [3.8, 4) is 0 Å². The maximum atomic E-state index is 13.0. The van der Waals surface area contributed by atoms with Gasteiger partial charge in [0.2, 0.25) is 0 Å². The Kier molecular flexibility index (Phi) is 4.61. The van der Waals surface area contributed by atoms with Crippen LogP contribution in [0.1, 0.15) is 30.0 Å². The molecule has 1 N–H and O–H groups in total. The van der Waals surface area contributed by atoms with E-state index in [1.165, 1.54) is 24.0 Å². The van der Waals surface area contributed by atoms with Gasteiger partial charge in [0, 0.05) is 16.2 Å². The van der Waals surface area contributed by atoms with Crippen LogP contribution in [0.25, 0.3) is 0 Å². The lowest BCUT2D eigenvalue weighted by Gasteiger charge is -2.26. The third-order valence-corrected chi connectivity index (χ3v) is 5.46. The van der Waals surface area contributed by atoms with Crippen molar-refractivity contribution in [2.45, 2.75) is 35.4 Å². The summed E-state index contributed by atoms with van der Waals surface area (Å²) in [6.07, 6.45) is 3.52.